The number of benzene rings is 2. The molecule has 2 aromatic rings. The summed E-state index contributed by atoms with van der Waals surface area (Å²) in [6.45, 7) is 8.94. The van der Waals surface area contributed by atoms with Crippen LogP contribution in [-0.4, -0.2) is 56.6 Å². The molecule has 0 radical (unpaired) electrons. The Kier molecular flexibility index (Phi) is 6.10. The highest BCUT2D eigenvalue weighted by atomic mass is 32.2. The molecule has 144 valence electrons. The summed E-state index contributed by atoms with van der Waals surface area (Å²) < 4.78 is 11.6. The third-order valence-corrected chi connectivity index (χ3v) is 6.22. The number of hydrogen-bond donors (Lipinski definition) is 0. The van der Waals surface area contributed by atoms with Gasteiger partial charge in [0.2, 0.25) is 0 Å². The molecular weight excluding hydrogens is 356 g/mol. The Balaban J connectivity index is 1.23. The maximum atomic E-state index is 5.88. The van der Waals surface area contributed by atoms with Crippen LogP contribution < -0.4 is 14.4 Å². The number of rotatable bonds is 6. The Bertz CT molecular complexity index is 760. The van der Waals surface area contributed by atoms with Crippen LogP contribution in [0.2, 0.25) is 0 Å². The van der Waals surface area contributed by atoms with E-state index in [2.05, 4.69) is 53.1 Å². The quantitative estimate of drug-likeness (QED) is 0.552. The molecule has 1 fully saturated rings. The van der Waals surface area contributed by atoms with Crippen molar-refractivity contribution in [2.24, 2.45) is 0 Å². The Morgan fingerprint density at radius 2 is 1.78 bits per heavy atom. The molecule has 2 aromatic carbocycles. The zero-order valence-electron chi connectivity index (χ0n) is 16.0. The first kappa shape index (κ1) is 18.5. The van der Waals surface area contributed by atoms with Gasteiger partial charge in [0.15, 0.2) is 11.5 Å². The van der Waals surface area contributed by atoms with Crippen molar-refractivity contribution < 1.29 is 9.47 Å². The first-order chi connectivity index (χ1) is 13.3. The maximum absolute atomic E-state index is 5.88. The topological polar surface area (TPSA) is 24.9 Å². The van der Waals surface area contributed by atoms with E-state index in [9.17, 15) is 0 Å². The average Bonchev–Trinajstić information content (AvgIpc) is 2.71. The Morgan fingerprint density at radius 1 is 0.963 bits per heavy atom. The fraction of sp³-hybridized carbons (Fsp3) is 0.455. The summed E-state index contributed by atoms with van der Waals surface area (Å²) in [7, 11) is 0. The van der Waals surface area contributed by atoms with Crippen molar-refractivity contribution in [2.75, 3.05) is 56.6 Å². The molecule has 0 atom stereocenters. The van der Waals surface area contributed by atoms with Crippen molar-refractivity contribution in [2.45, 2.75) is 18.2 Å². The van der Waals surface area contributed by atoms with Gasteiger partial charge in [0.05, 0.1) is 5.69 Å². The molecular formula is C22H28N2O2S. The van der Waals surface area contributed by atoms with E-state index in [-0.39, 0.29) is 0 Å². The van der Waals surface area contributed by atoms with Crippen LogP contribution in [0.5, 0.6) is 11.5 Å². The number of hydrogen-bond acceptors (Lipinski definition) is 5. The van der Waals surface area contributed by atoms with Gasteiger partial charge in [-0.3, -0.25) is 4.90 Å². The highest BCUT2D eigenvalue weighted by molar-refractivity contribution is 7.99. The minimum atomic E-state index is 0.641. The molecule has 1 saturated heterocycles. The van der Waals surface area contributed by atoms with Crippen LogP contribution in [-0.2, 0) is 0 Å². The molecule has 4 rings (SSSR count). The first-order valence-corrected chi connectivity index (χ1v) is 10.8. The van der Waals surface area contributed by atoms with E-state index >= 15 is 0 Å². The Morgan fingerprint density at radius 3 is 2.63 bits per heavy atom. The van der Waals surface area contributed by atoms with Crippen LogP contribution in [0, 0.1) is 6.92 Å². The summed E-state index contributed by atoms with van der Waals surface area (Å²) in [5.74, 6) is 2.99. The molecule has 0 bridgehead atoms. The molecule has 0 saturated carbocycles. The Labute approximate surface area is 166 Å². The second-order valence-corrected chi connectivity index (χ2v) is 8.32. The van der Waals surface area contributed by atoms with Gasteiger partial charge in [0, 0.05) is 31.1 Å². The monoisotopic (exact) mass is 384 g/mol. The standard InChI is InChI=1S/C22H28N2O2S/c1-18-5-2-6-19(17-18)27-16-4-9-23-10-12-24(13-11-23)20-7-3-8-21-22(20)26-15-14-25-21/h2-3,5-8,17H,4,9-16H2,1H3. The molecule has 2 heterocycles. The van der Waals surface area contributed by atoms with Gasteiger partial charge < -0.3 is 14.4 Å². The lowest BCUT2D eigenvalue weighted by Crippen LogP contribution is -2.46. The summed E-state index contributed by atoms with van der Waals surface area (Å²) >= 11 is 1.97. The fourth-order valence-corrected chi connectivity index (χ4v) is 4.66. The second-order valence-electron chi connectivity index (χ2n) is 7.15. The minimum absolute atomic E-state index is 0.641. The predicted octanol–water partition coefficient (Wildman–Crippen LogP) is 4.07. The number of para-hydroxylation sites is 1. The molecule has 0 amide bonds. The summed E-state index contributed by atoms with van der Waals surface area (Å²) in [5, 5.41) is 0. The molecule has 2 aliphatic heterocycles. The number of piperazine rings is 1. The molecule has 0 N–H and O–H groups in total. The van der Waals surface area contributed by atoms with Crippen LogP contribution >= 0.6 is 11.8 Å². The number of ether oxygens (including phenoxy) is 2. The van der Waals surface area contributed by atoms with Crippen molar-refractivity contribution >= 4 is 17.4 Å². The zero-order chi connectivity index (χ0) is 18.5. The minimum Gasteiger partial charge on any atom is -0.486 e. The summed E-state index contributed by atoms with van der Waals surface area (Å²) in [5.41, 5.74) is 2.52. The lowest BCUT2D eigenvalue weighted by molar-refractivity contribution is 0.171. The van der Waals surface area contributed by atoms with Crippen molar-refractivity contribution in [1.29, 1.82) is 0 Å². The van der Waals surface area contributed by atoms with E-state index in [1.165, 1.54) is 34.9 Å². The van der Waals surface area contributed by atoms with E-state index < -0.39 is 0 Å². The summed E-state index contributed by atoms with van der Waals surface area (Å²) in [6, 6.07) is 15.0. The molecule has 5 heteroatoms. The predicted molar refractivity (Wildman–Crippen MR) is 113 cm³/mol. The number of aryl methyl sites for hydroxylation is 1. The molecule has 0 aliphatic carbocycles. The van der Waals surface area contributed by atoms with Gasteiger partial charge >= 0.3 is 0 Å². The average molecular weight is 385 g/mol. The van der Waals surface area contributed by atoms with Gasteiger partial charge in [-0.25, -0.2) is 0 Å². The molecule has 27 heavy (non-hydrogen) atoms. The molecule has 4 nitrogen and oxygen atoms in total. The lowest BCUT2D eigenvalue weighted by atomic mass is 10.2. The van der Waals surface area contributed by atoms with E-state index in [4.69, 9.17) is 9.47 Å². The molecule has 0 unspecified atom stereocenters. The molecule has 0 aromatic heterocycles. The van der Waals surface area contributed by atoms with Crippen molar-refractivity contribution in [1.82, 2.24) is 4.90 Å². The smallest absolute Gasteiger partial charge is 0.184 e. The third kappa shape index (κ3) is 4.71. The van der Waals surface area contributed by atoms with Crippen molar-refractivity contribution in [3.05, 3.63) is 48.0 Å². The van der Waals surface area contributed by atoms with Crippen LogP contribution in [0.25, 0.3) is 0 Å². The van der Waals surface area contributed by atoms with Gasteiger partial charge in [-0.2, -0.15) is 0 Å². The fourth-order valence-electron chi connectivity index (χ4n) is 3.70. The van der Waals surface area contributed by atoms with Crippen molar-refractivity contribution in [3.8, 4) is 11.5 Å². The highest BCUT2D eigenvalue weighted by Crippen LogP contribution is 2.39. The van der Waals surface area contributed by atoms with Gasteiger partial charge in [-0.1, -0.05) is 23.8 Å². The molecule has 0 spiro atoms. The third-order valence-electron chi connectivity index (χ3n) is 5.14. The van der Waals surface area contributed by atoms with E-state index in [0.717, 1.165) is 37.7 Å². The number of fused-ring (bicyclic) bond motifs is 1. The summed E-state index contributed by atoms with van der Waals surface area (Å²) in [6.07, 6.45) is 1.23. The van der Waals surface area contributed by atoms with Crippen LogP contribution in [0.15, 0.2) is 47.4 Å². The van der Waals surface area contributed by atoms with E-state index in [0.29, 0.717) is 13.2 Å². The largest absolute Gasteiger partial charge is 0.486 e. The van der Waals surface area contributed by atoms with Gasteiger partial charge in [0.1, 0.15) is 13.2 Å². The van der Waals surface area contributed by atoms with Crippen molar-refractivity contribution in [3.63, 3.8) is 0 Å². The normalized spacial score (nSPS) is 17.1. The number of nitrogens with zero attached hydrogens (tertiary/aromatic N) is 2. The first-order valence-electron chi connectivity index (χ1n) is 9.85. The van der Waals surface area contributed by atoms with Gasteiger partial charge in [-0.15, -0.1) is 11.8 Å². The highest BCUT2D eigenvalue weighted by Gasteiger charge is 2.23. The second kappa shape index (κ2) is 8.89. The SMILES string of the molecule is Cc1cccc(SCCCN2CCN(c3cccc4c3OCCO4)CC2)c1. The van der Waals surface area contributed by atoms with Crippen LogP contribution in [0.4, 0.5) is 5.69 Å². The zero-order valence-corrected chi connectivity index (χ0v) is 16.8. The summed E-state index contributed by atoms with van der Waals surface area (Å²) in [4.78, 5) is 6.40. The van der Waals surface area contributed by atoms with Gasteiger partial charge in [0.25, 0.3) is 0 Å². The van der Waals surface area contributed by atoms with Crippen LogP contribution in [0.1, 0.15) is 12.0 Å². The maximum Gasteiger partial charge on any atom is 0.184 e. The van der Waals surface area contributed by atoms with E-state index in [1.807, 2.05) is 17.8 Å². The number of thioether (sulfide) groups is 1. The lowest BCUT2D eigenvalue weighted by Gasteiger charge is -2.37. The van der Waals surface area contributed by atoms with Crippen LogP contribution in [0.3, 0.4) is 0 Å². The van der Waals surface area contributed by atoms with E-state index in [1.54, 1.807) is 0 Å². The Hall–Kier alpha value is -1.85. The number of anilines is 1. The van der Waals surface area contributed by atoms with Gasteiger partial charge in [-0.05, 0) is 49.9 Å². The molecule has 2 aliphatic rings.